The third kappa shape index (κ3) is 2.70. The molecule has 0 saturated heterocycles. The highest BCUT2D eigenvalue weighted by Gasteiger charge is 2.14. The van der Waals surface area contributed by atoms with Gasteiger partial charge in [-0.2, -0.15) is 4.39 Å². The highest BCUT2D eigenvalue weighted by atomic mass is 19.1. The van der Waals surface area contributed by atoms with Crippen LogP contribution in [0.25, 0.3) is 0 Å². The van der Waals surface area contributed by atoms with Crippen molar-refractivity contribution in [3.8, 4) is 0 Å². The van der Waals surface area contributed by atoms with E-state index in [1.165, 1.54) is 0 Å². The average Bonchev–Trinajstić information content (AvgIpc) is 1.88. The van der Waals surface area contributed by atoms with Gasteiger partial charge in [0.1, 0.15) is 0 Å². The molecular formula is C8H13FO2. The molecule has 0 saturated carbocycles. The average molecular weight is 160 g/mol. The Bertz CT molecular complexity index is 183. The van der Waals surface area contributed by atoms with E-state index in [1.807, 2.05) is 0 Å². The van der Waals surface area contributed by atoms with Crippen LogP contribution in [0.4, 0.5) is 4.39 Å². The van der Waals surface area contributed by atoms with Crippen molar-refractivity contribution in [2.24, 2.45) is 5.92 Å². The predicted octanol–water partition coefficient (Wildman–Crippen LogP) is 2.36. The van der Waals surface area contributed by atoms with Crippen LogP contribution in [0.15, 0.2) is 11.4 Å². The van der Waals surface area contributed by atoms with Gasteiger partial charge in [-0.1, -0.05) is 20.8 Å². The molecule has 0 aromatic carbocycles. The van der Waals surface area contributed by atoms with Crippen LogP contribution in [-0.2, 0) is 4.79 Å². The lowest BCUT2D eigenvalue weighted by Gasteiger charge is -2.07. The Kier molecular flexibility index (Phi) is 3.79. The second-order valence-corrected chi connectivity index (χ2v) is 2.65. The normalized spacial score (nSPS) is 13.2. The van der Waals surface area contributed by atoms with Crippen LogP contribution >= 0.6 is 0 Å². The van der Waals surface area contributed by atoms with Crippen LogP contribution in [-0.4, -0.2) is 11.1 Å². The number of carboxylic acids is 1. The van der Waals surface area contributed by atoms with E-state index in [0.717, 1.165) is 0 Å². The summed E-state index contributed by atoms with van der Waals surface area (Å²) in [5.74, 6) is -2.49. The Balaban J connectivity index is 4.68. The molecule has 0 atom stereocenters. The number of allylic oxidation sites excluding steroid dienone is 1. The first-order valence-corrected chi connectivity index (χ1v) is 3.62. The molecule has 0 amide bonds. The molecule has 11 heavy (non-hydrogen) atoms. The molecule has 0 spiro atoms. The van der Waals surface area contributed by atoms with Crippen molar-refractivity contribution in [3.63, 3.8) is 0 Å². The Morgan fingerprint density at radius 1 is 1.55 bits per heavy atom. The van der Waals surface area contributed by atoms with E-state index in [-0.39, 0.29) is 5.92 Å². The molecule has 3 heteroatoms. The minimum atomic E-state index is -1.46. The molecule has 0 aromatic heterocycles. The second-order valence-electron chi connectivity index (χ2n) is 2.65. The van der Waals surface area contributed by atoms with E-state index in [9.17, 15) is 9.18 Å². The molecule has 1 N–H and O–H groups in total. The molecule has 0 fully saturated rings. The van der Waals surface area contributed by atoms with Crippen LogP contribution < -0.4 is 0 Å². The summed E-state index contributed by atoms with van der Waals surface area (Å²) in [5.41, 5.74) is 0.373. The Morgan fingerprint density at radius 3 is 2.09 bits per heavy atom. The van der Waals surface area contributed by atoms with Crippen molar-refractivity contribution < 1.29 is 14.3 Å². The van der Waals surface area contributed by atoms with Crippen molar-refractivity contribution >= 4 is 5.97 Å². The molecule has 0 heterocycles. The molecule has 0 rings (SSSR count). The molecule has 2 nitrogen and oxygen atoms in total. The van der Waals surface area contributed by atoms with E-state index in [1.54, 1.807) is 20.8 Å². The summed E-state index contributed by atoms with van der Waals surface area (Å²) in [4.78, 5) is 10.2. The molecular weight excluding hydrogens is 147 g/mol. The van der Waals surface area contributed by atoms with E-state index >= 15 is 0 Å². The van der Waals surface area contributed by atoms with Crippen molar-refractivity contribution in [3.05, 3.63) is 11.4 Å². The zero-order valence-electron chi connectivity index (χ0n) is 7.02. The molecule has 0 bridgehead atoms. The van der Waals surface area contributed by atoms with Gasteiger partial charge in [0, 0.05) is 0 Å². The zero-order valence-corrected chi connectivity index (χ0v) is 7.02. The molecule has 0 radical (unpaired) electrons. The fourth-order valence-corrected chi connectivity index (χ4v) is 0.954. The highest BCUT2D eigenvalue weighted by Crippen LogP contribution is 2.19. The van der Waals surface area contributed by atoms with E-state index in [0.29, 0.717) is 12.0 Å². The third-order valence-electron chi connectivity index (χ3n) is 1.55. The molecule has 64 valence electrons. The molecule has 0 aliphatic rings. The predicted molar refractivity (Wildman–Crippen MR) is 40.9 cm³/mol. The summed E-state index contributed by atoms with van der Waals surface area (Å²) in [6.45, 7) is 5.31. The highest BCUT2D eigenvalue weighted by molar-refractivity contribution is 5.84. The summed E-state index contributed by atoms with van der Waals surface area (Å²) in [7, 11) is 0. The summed E-state index contributed by atoms with van der Waals surface area (Å²) < 4.78 is 12.7. The summed E-state index contributed by atoms with van der Waals surface area (Å²) in [6.07, 6.45) is 0.454. The quantitative estimate of drug-likeness (QED) is 0.643. The maximum absolute atomic E-state index is 12.7. The van der Waals surface area contributed by atoms with Crippen molar-refractivity contribution in [1.82, 2.24) is 0 Å². The van der Waals surface area contributed by atoms with Gasteiger partial charge in [-0.25, -0.2) is 4.79 Å². The molecule has 0 aliphatic heterocycles. The van der Waals surface area contributed by atoms with Crippen LogP contribution in [0, 0.1) is 5.92 Å². The topological polar surface area (TPSA) is 37.3 Å². The van der Waals surface area contributed by atoms with Crippen molar-refractivity contribution in [2.45, 2.75) is 27.2 Å². The van der Waals surface area contributed by atoms with E-state index in [2.05, 4.69) is 0 Å². The number of halogens is 1. The number of carboxylic acid groups (broad SMARTS) is 1. The van der Waals surface area contributed by atoms with Crippen molar-refractivity contribution in [2.75, 3.05) is 0 Å². The van der Waals surface area contributed by atoms with Gasteiger partial charge in [0.2, 0.25) is 5.83 Å². The minimum absolute atomic E-state index is 0.0314. The molecule has 0 aromatic rings. The fourth-order valence-electron chi connectivity index (χ4n) is 0.954. The first-order chi connectivity index (χ1) is 5.00. The lowest BCUT2D eigenvalue weighted by Crippen LogP contribution is -2.04. The Morgan fingerprint density at radius 2 is 2.00 bits per heavy atom. The van der Waals surface area contributed by atoms with Gasteiger partial charge in [0.15, 0.2) is 0 Å². The number of hydrogen-bond donors (Lipinski definition) is 1. The Hall–Kier alpha value is -0.860. The first kappa shape index (κ1) is 10.1. The largest absolute Gasteiger partial charge is 0.476 e. The van der Waals surface area contributed by atoms with Crippen LogP contribution in [0.3, 0.4) is 0 Å². The van der Waals surface area contributed by atoms with Crippen LogP contribution in [0.1, 0.15) is 27.2 Å². The number of rotatable bonds is 3. The first-order valence-electron chi connectivity index (χ1n) is 3.62. The van der Waals surface area contributed by atoms with E-state index in [4.69, 9.17) is 5.11 Å². The van der Waals surface area contributed by atoms with Gasteiger partial charge in [-0.3, -0.25) is 0 Å². The van der Waals surface area contributed by atoms with Crippen LogP contribution in [0.5, 0.6) is 0 Å². The summed E-state index contributed by atoms with van der Waals surface area (Å²) in [5, 5.41) is 8.30. The number of carbonyl (C=O) groups is 1. The monoisotopic (exact) mass is 160 g/mol. The fraction of sp³-hybridized carbons (Fsp3) is 0.625. The third-order valence-corrected chi connectivity index (χ3v) is 1.55. The van der Waals surface area contributed by atoms with Crippen molar-refractivity contribution in [1.29, 1.82) is 0 Å². The molecule has 0 aliphatic carbocycles. The molecule has 0 unspecified atom stereocenters. The number of aliphatic carboxylic acids is 1. The Labute approximate surface area is 65.7 Å². The van der Waals surface area contributed by atoms with Gasteiger partial charge in [0.05, 0.1) is 0 Å². The maximum atomic E-state index is 12.7. The smallest absolute Gasteiger partial charge is 0.364 e. The number of hydrogen-bond acceptors (Lipinski definition) is 1. The van der Waals surface area contributed by atoms with Gasteiger partial charge >= 0.3 is 5.97 Å². The second kappa shape index (κ2) is 4.11. The minimum Gasteiger partial charge on any atom is -0.476 e. The summed E-state index contributed by atoms with van der Waals surface area (Å²) in [6, 6.07) is 0. The lowest BCUT2D eigenvalue weighted by atomic mass is 10.00. The van der Waals surface area contributed by atoms with Gasteiger partial charge in [0.25, 0.3) is 0 Å². The van der Waals surface area contributed by atoms with Gasteiger partial charge in [-0.05, 0) is 17.9 Å². The maximum Gasteiger partial charge on any atom is 0.364 e. The van der Waals surface area contributed by atoms with Crippen LogP contribution in [0.2, 0.25) is 0 Å². The van der Waals surface area contributed by atoms with E-state index < -0.39 is 11.8 Å². The summed E-state index contributed by atoms with van der Waals surface area (Å²) >= 11 is 0. The van der Waals surface area contributed by atoms with Gasteiger partial charge in [-0.15, -0.1) is 0 Å². The lowest BCUT2D eigenvalue weighted by molar-refractivity contribution is -0.134. The standard InChI is InChI=1S/C8H13FO2/c1-4-6(5(2)3)7(9)8(10)11/h5H,4H2,1-3H3,(H,10,11)/b7-6+. The zero-order chi connectivity index (χ0) is 9.02. The SMILES string of the molecule is CC/C(=C(\F)C(=O)O)C(C)C. The van der Waals surface area contributed by atoms with Gasteiger partial charge < -0.3 is 5.11 Å².